The number of phenolic OH excluding ortho intramolecular Hbond substituents is 3. The molecule has 0 atom stereocenters. The largest absolute Gasteiger partial charge is 0.507 e. The standard InChI is InChI=1S/C52H71N3O12.C3H8/c1-31-23-33(25-36(43(31)59)49(3,4)5)15-17-40(56)65-21-19-53-46(62)54(20-22-66-41(57)18-16-34-24-32(2)44(60)37(26-34)50(6,7)8)48(64)55(47(53)63)30-67-42(58)29-35-27-38(51(9,10)11)45(61)39(28-35)52(12,13)14;1-3-2/h23-28,59-61H,15-22,29-30H2,1-14H3;3H2,1-2H3. The van der Waals surface area contributed by atoms with Crippen molar-refractivity contribution < 1.29 is 43.9 Å². The highest BCUT2D eigenvalue weighted by Gasteiger charge is 2.28. The summed E-state index contributed by atoms with van der Waals surface area (Å²) < 4.78 is 18.3. The number of carbonyl (C=O) groups excluding carboxylic acids is 3. The summed E-state index contributed by atoms with van der Waals surface area (Å²) in [5, 5.41) is 32.4. The Kier molecular flexibility index (Phi) is 19.7. The van der Waals surface area contributed by atoms with Gasteiger partial charge in [-0.2, -0.15) is 0 Å². The maximum Gasteiger partial charge on any atom is 0.339 e. The van der Waals surface area contributed by atoms with Crippen molar-refractivity contribution in [3.63, 3.8) is 0 Å². The highest BCUT2D eigenvalue weighted by Crippen LogP contribution is 2.40. The van der Waals surface area contributed by atoms with Gasteiger partial charge in [-0.1, -0.05) is 140 Å². The van der Waals surface area contributed by atoms with Crippen molar-refractivity contribution >= 4 is 17.9 Å². The molecule has 1 heterocycles. The lowest BCUT2D eigenvalue weighted by atomic mass is 9.78. The van der Waals surface area contributed by atoms with E-state index in [1.165, 1.54) is 6.42 Å². The molecule has 3 N–H and O–H groups in total. The fourth-order valence-corrected chi connectivity index (χ4v) is 7.75. The molecule has 0 amide bonds. The number of aromatic nitrogens is 3. The summed E-state index contributed by atoms with van der Waals surface area (Å²) in [5.41, 5.74) is 1.36. The summed E-state index contributed by atoms with van der Waals surface area (Å²) in [6.07, 6.45) is 1.52. The number of phenols is 3. The highest BCUT2D eigenvalue weighted by atomic mass is 16.5. The maximum atomic E-state index is 13.8. The number of rotatable bonds is 16. The van der Waals surface area contributed by atoms with Crippen molar-refractivity contribution in [2.75, 3.05) is 13.2 Å². The van der Waals surface area contributed by atoms with E-state index in [0.29, 0.717) is 54.4 Å². The predicted octanol–water partition coefficient (Wildman–Crippen LogP) is 8.61. The van der Waals surface area contributed by atoms with Gasteiger partial charge in [0, 0.05) is 12.8 Å². The molecule has 0 unspecified atom stereocenters. The molecule has 0 bridgehead atoms. The summed E-state index contributed by atoms with van der Waals surface area (Å²) in [4.78, 5) is 80.6. The Bertz CT molecular complexity index is 2530. The van der Waals surface area contributed by atoms with Crippen LogP contribution in [0.1, 0.15) is 166 Å². The molecule has 1 aromatic heterocycles. The zero-order valence-electron chi connectivity index (χ0n) is 44.6. The second-order valence-corrected chi connectivity index (χ2v) is 22.2. The molecule has 0 aliphatic rings. The number of carbonyl (C=O) groups is 3. The molecule has 0 aliphatic heterocycles. The number of aryl methyl sites for hydroxylation is 4. The molecule has 70 heavy (non-hydrogen) atoms. The first-order chi connectivity index (χ1) is 32.2. The van der Waals surface area contributed by atoms with E-state index in [-0.39, 0.29) is 47.3 Å². The summed E-state index contributed by atoms with van der Waals surface area (Å²) in [5.74, 6) is -1.49. The van der Waals surface area contributed by atoms with Gasteiger partial charge in [-0.05, 0) is 98.4 Å². The number of benzene rings is 3. The van der Waals surface area contributed by atoms with Crippen molar-refractivity contribution in [1.82, 2.24) is 13.7 Å². The Morgan fingerprint density at radius 2 is 0.786 bits per heavy atom. The SMILES string of the molecule is CCC.Cc1cc(CCC(=O)OCCn2c(=O)n(CCOC(=O)CCc3cc(C)c(O)c(C(C)(C)C)c3)c(=O)n(COC(=O)Cc3cc(C(C)(C)C)c(O)c(C(C)(C)C)c3)c2=O)cc(C(C)(C)C)c1O. The third-order valence-corrected chi connectivity index (χ3v) is 11.6. The van der Waals surface area contributed by atoms with E-state index < -0.39 is 78.8 Å². The second kappa shape index (κ2) is 23.7. The maximum absolute atomic E-state index is 13.8. The van der Waals surface area contributed by atoms with Crippen LogP contribution in [0.3, 0.4) is 0 Å². The molecule has 3 aromatic carbocycles. The molecule has 4 rings (SSSR count). The third-order valence-electron chi connectivity index (χ3n) is 11.6. The van der Waals surface area contributed by atoms with Gasteiger partial charge in [-0.15, -0.1) is 0 Å². The van der Waals surface area contributed by atoms with Crippen molar-refractivity contribution in [3.8, 4) is 17.2 Å². The normalized spacial score (nSPS) is 12.0. The summed E-state index contributed by atoms with van der Waals surface area (Å²) in [6, 6.07) is 10.7. The molecule has 0 radical (unpaired) electrons. The minimum atomic E-state index is -1.12. The van der Waals surface area contributed by atoms with Gasteiger partial charge >= 0.3 is 35.0 Å². The fraction of sp³-hybridized carbons (Fsp3) is 0.564. The molecular weight excluding hydrogens is 895 g/mol. The minimum Gasteiger partial charge on any atom is -0.507 e. The van der Waals surface area contributed by atoms with Crippen molar-refractivity contribution in [2.24, 2.45) is 0 Å². The zero-order chi connectivity index (χ0) is 53.3. The van der Waals surface area contributed by atoms with Gasteiger partial charge in [-0.25, -0.2) is 28.1 Å². The molecule has 0 saturated heterocycles. The minimum absolute atomic E-state index is 0.0344. The van der Waals surface area contributed by atoms with Crippen LogP contribution >= 0.6 is 0 Å². The number of esters is 3. The average Bonchev–Trinajstić information content (AvgIpc) is 3.23. The first-order valence-electron chi connectivity index (χ1n) is 24.2. The molecule has 4 aromatic rings. The summed E-state index contributed by atoms with van der Waals surface area (Å²) in [6.45, 7) is 28.7. The van der Waals surface area contributed by atoms with Crippen LogP contribution in [-0.4, -0.2) is 60.1 Å². The van der Waals surface area contributed by atoms with Crippen LogP contribution in [0, 0.1) is 13.8 Å². The third kappa shape index (κ3) is 15.7. The van der Waals surface area contributed by atoms with Crippen molar-refractivity contribution in [2.45, 2.75) is 191 Å². The van der Waals surface area contributed by atoms with Crippen molar-refractivity contribution in [3.05, 3.63) is 118 Å². The van der Waals surface area contributed by atoms with Crippen LogP contribution in [0.5, 0.6) is 17.2 Å². The summed E-state index contributed by atoms with van der Waals surface area (Å²) >= 11 is 0. The lowest BCUT2D eigenvalue weighted by Crippen LogP contribution is -2.55. The highest BCUT2D eigenvalue weighted by molar-refractivity contribution is 5.73. The zero-order valence-corrected chi connectivity index (χ0v) is 44.6. The van der Waals surface area contributed by atoms with E-state index in [9.17, 15) is 44.1 Å². The molecule has 0 spiro atoms. The van der Waals surface area contributed by atoms with Gasteiger partial charge in [0.05, 0.1) is 19.5 Å². The Balaban J connectivity index is 0.00000421. The molecule has 386 valence electrons. The summed E-state index contributed by atoms with van der Waals surface area (Å²) in [7, 11) is 0. The topological polar surface area (TPSA) is 206 Å². The molecule has 0 aliphatic carbocycles. The van der Waals surface area contributed by atoms with Gasteiger partial charge in [0.25, 0.3) is 0 Å². The lowest BCUT2D eigenvalue weighted by molar-refractivity contribution is -0.147. The number of hydrogen-bond acceptors (Lipinski definition) is 12. The Labute approximate surface area is 413 Å². The van der Waals surface area contributed by atoms with E-state index in [0.717, 1.165) is 22.3 Å². The van der Waals surface area contributed by atoms with Crippen LogP contribution in [0.4, 0.5) is 0 Å². The number of ether oxygens (including phenoxy) is 3. The van der Waals surface area contributed by atoms with Gasteiger partial charge in [-0.3, -0.25) is 14.4 Å². The number of aromatic hydroxyl groups is 3. The predicted molar refractivity (Wildman–Crippen MR) is 272 cm³/mol. The molecule has 15 nitrogen and oxygen atoms in total. The van der Waals surface area contributed by atoms with Crippen LogP contribution in [0.25, 0.3) is 0 Å². The Morgan fingerprint density at radius 3 is 1.13 bits per heavy atom. The van der Waals surface area contributed by atoms with Crippen LogP contribution in [-0.2, 0) is 89.3 Å². The molecular formula is C55H79N3O12. The van der Waals surface area contributed by atoms with E-state index in [2.05, 4.69) is 13.8 Å². The van der Waals surface area contributed by atoms with Crippen molar-refractivity contribution in [1.29, 1.82) is 0 Å². The first kappa shape index (κ1) is 58.2. The van der Waals surface area contributed by atoms with E-state index in [1.54, 1.807) is 38.1 Å². The lowest BCUT2D eigenvalue weighted by Gasteiger charge is -2.28. The van der Waals surface area contributed by atoms with E-state index in [1.807, 2.05) is 95.2 Å². The van der Waals surface area contributed by atoms with Crippen LogP contribution in [0.15, 0.2) is 50.8 Å². The van der Waals surface area contributed by atoms with E-state index in [4.69, 9.17) is 14.2 Å². The monoisotopic (exact) mass is 974 g/mol. The van der Waals surface area contributed by atoms with Gasteiger partial charge in [0.15, 0.2) is 6.73 Å². The molecule has 15 heteroatoms. The number of nitrogens with zero attached hydrogens (tertiary/aromatic N) is 3. The fourth-order valence-electron chi connectivity index (χ4n) is 7.75. The Morgan fingerprint density at radius 1 is 0.471 bits per heavy atom. The molecule has 0 saturated carbocycles. The average molecular weight is 974 g/mol. The van der Waals surface area contributed by atoms with Crippen LogP contribution in [0.2, 0.25) is 0 Å². The number of hydrogen-bond donors (Lipinski definition) is 3. The quantitative estimate of drug-likeness (QED) is 0.0713. The first-order valence-corrected chi connectivity index (χ1v) is 24.2. The smallest absolute Gasteiger partial charge is 0.339 e. The van der Waals surface area contributed by atoms with Gasteiger partial charge in [0.1, 0.15) is 30.5 Å². The Hall–Kier alpha value is -6.12. The van der Waals surface area contributed by atoms with Crippen LogP contribution < -0.4 is 17.1 Å². The second-order valence-electron chi connectivity index (χ2n) is 22.2. The van der Waals surface area contributed by atoms with Gasteiger partial charge < -0.3 is 29.5 Å². The van der Waals surface area contributed by atoms with E-state index >= 15 is 0 Å². The molecule has 0 fully saturated rings. The van der Waals surface area contributed by atoms with Gasteiger partial charge in [0.2, 0.25) is 0 Å².